The van der Waals surface area contributed by atoms with E-state index >= 15 is 0 Å². The van der Waals surface area contributed by atoms with Crippen molar-refractivity contribution in [3.05, 3.63) is 0 Å². The molecule has 0 amide bonds. The van der Waals surface area contributed by atoms with Crippen LogP contribution in [0.4, 0.5) is 0 Å². The Morgan fingerprint density at radius 3 is 2.13 bits per heavy atom. The third kappa shape index (κ3) is 5.57. The van der Waals surface area contributed by atoms with Crippen molar-refractivity contribution in [2.75, 3.05) is 61.0 Å². The van der Waals surface area contributed by atoms with Crippen LogP contribution in [0.15, 0.2) is 0 Å². The molecule has 0 aliphatic carbocycles. The fourth-order valence-electron chi connectivity index (χ4n) is 5.83. The Morgan fingerprint density at radius 2 is 1.68 bits per heavy atom. The lowest BCUT2D eigenvalue weighted by Crippen LogP contribution is -2.58. The lowest BCUT2D eigenvalue weighted by Gasteiger charge is -2.42. The van der Waals surface area contributed by atoms with Crippen LogP contribution in [0.25, 0.3) is 0 Å². The highest BCUT2D eigenvalue weighted by molar-refractivity contribution is 6.11. The Bertz CT molecular complexity index is 747. The molecule has 0 aromatic carbocycles. The van der Waals surface area contributed by atoms with E-state index < -0.39 is 41.1 Å². The van der Waals surface area contributed by atoms with Crippen LogP contribution in [0.1, 0.15) is 13.8 Å². The first-order chi connectivity index (χ1) is 18.0. The molecule has 0 saturated carbocycles. The van der Waals surface area contributed by atoms with Crippen molar-refractivity contribution in [2.24, 2.45) is 5.92 Å². The average molecular weight is 544 g/mol. The van der Waals surface area contributed by atoms with E-state index in [4.69, 9.17) is 63.8 Å². The van der Waals surface area contributed by atoms with E-state index in [1.54, 1.807) is 14.2 Å². The van der Waals surface area contributed by atoms with Crippen LogP contribution in [-0.4, -0.2) is 163 Å². The van der Waals surface area contributed by atoms with Gasteiger partial charge in [0.15, 0.2) is 0 Å². The van der Waals surface area contributed by atoms with Crippen LogP contribution in [0, 0.1) is 5.92 Å². The van der Waals surface area contributed by atoms with Crippen LogP contribution in [0.5, 0.6) is 0 Å². The van der Waals surface area contributed by atoms with E-state index in [1.807, 2.05) is 13.8 Å². The highest BCUT2D eigenvalue weighted by atomic mass is 16.7. The first-order valence-corrected chi connectivity index (χ1v) is 12.9. The fourth-order valence-corrected chi connectivity index (χ4v) is 5.83. The second-order valence-corrected chi connectivity index (χ2v) is 10.5. The summed E-state index contributed by atoms with van der Waals surface area (Å²) in [6.45, 7) is 4.88. The zero-order valence-electron chi connectivity index (χ0n) is 22.9. The van der Waals surface area contributed by atoms with Gasteiger partial charge < -0.3 is 58.3 Å². The molecule has 4 N–H and O–H groups in total. The van der Waals surface area contributed by atoms with Crippen LogP contribution < -0.4 is 0 Å². The lowest BCUT2D eigenvalue weighted by molar-refractivity contribution is -0.211. The van der Waals surface area contributed by atoms with Crippen molar-refractivity contribution in [2.45, 2.75) is 85.7 Å². The largest absolute Gasteiger partial charge is 0.393 e. The molecule has 5 aliphatic heterocycles. The van der Waals surface area contributed by atoms with Gasteiger partial charge in [0.05, 0.1) is 65.8 Å². The van der Waals surface area contributed by atoms with E-state index in [1.165, 1.54) is 7.11 Å². The lowest BCUT2D eigenvalue weighted by atomic mass is 9.79. The molecule has 4 bridgehead atoms. The van der Waals surface area contributed by atoms with Gasteiger partial charge in [-0.3, -0.25) is 0 Å². The smallest absolute Gasteiger partial charge is 0.146 e. The van der Waals surface area contributed by atoms with Crippen molar-refractivity contribution in [1.82, 2.24) is 0 Å². The number of fused-ring (bicyclic) bond motifs is 4. The van der Waals surface area contributed by atoms with Crippen molar-refractivity contribution < 1.29 is 58.3 Å². The summed E-state index contributed by atoms with van der Waals surface area (Å²) in [5.41, 5.74) is -2.36. The SMILES string of the molecule is COC[C@]12O[C@@H](C)C(OC1C)[C@@H]2OC.[B]C[C@H]1COC[C@](CO)(OC)C1O.[B][C@@H]1O[C@@]2(CO)CO[C@H]1C2O. The molecule has 14 heteroatoms. The van der Waals surface area contributed by atoms with Gasteiger partial charge in [-0.25, -0.2) is 0 Å². The van der Waals surface area contributed by atoms with Crippen LogP contribution in [0.3, 0.4) is 0 Å². The molecule has 5 heterocycles. The van der Waals surface area contributed by atoms with E-state index in [0.717, 1.165) is 0 Å². The molecule has 5 aliphatic rings. The van der Waals surface area contributed by atoms with Gasteiger partial charge in [-0.05, 0) is 13.8 Å². The molecule has 12 nitrogen and oxygen atoms in total. The maximum Gasteiger partial charge on any atom is 0.146 e. The maximum atomic E-state index is 9.83. The maximum absolute atomic E-state index is 9.83. The monoisotopic (exact) mass is 544 g/mol. The summed E-state index contributed by atoms with van der Waals surface area (Å²) >= 11 is 0. The minimum atomic E-state index is -0.998. The van der Waals surface area contributed by atoms with E-state index in [0.29, 0.717) is 19.5 Å². The van der Waals surface area contributed by atoms with Crippen LogP contribution in [-0.2, 0) is 37.9 Å². The molecule has 216 valence electrons. The highest BCUT2D eigenvalue weighted by Gasteiger charge is 2.64. The Balaban J connectivity index is 0.000000159. The summed E-state index contributed by atoms with van der Waals surface area (Å²) in [6.07, 6.45) is -1.53. The van der Waals surface area contributed by atoms with Gasteiger partial charge in [-0.15, -0.1) is 0 Å². The third-order valence-corrected chi connectivity index (χ3v) is 8.29. The Labute approximate surface area is 227 Å². The molecular formula is C24H42B2O12. The predicted molar refractivity (Wildman–Crippen MR) is 134 cm³/mol. The number of methoxy groups -OCH3 is 3. The normalized spacial score (nSPS) is 48.8. The number of ether oxygens (including phenoxy) is 8. The van der Waals surface area contributed by atoms with Crippen molar-refractivity contribution in [1.29, 1.82) is 0 Å². The molecule has 5 fully saturated rings. The molecule has 5 rings (SSSR count). The molecule has 5 saturated heterocycles. The number of rotatable bonds is 7. The van der Waals surface area contributed by atoms with Crippen molar-refractivity contribution >= 4 is 15.7 Å². The highest BCUT2D eigenvalue weighted by Crippen LogP contribution is 2.45. The Kier molecular flexibility index (Phi) is 11.1. The summed E-state index contributed by atoms with van der Waals surface area (Å²) in [5.74, 6) is -0.166. The van der Waals surface area contributed by atoms with Gasteiger partial charge >= 0.3 is 0 Å². The quantitative estimate of drug-likeness (QED) is 0.252. The minimum Gasteiger partial charge on any atom is -0.393 e. The van der Waals surface area contributed by atoms with Gasteiger partial charge in [-0.1, -0.05) is 6.32 Å². The van der Waals surface area contributed by atoms with E-state index in [-0.39, 0.29) is 56.8 Å². The van der Waals surface area contributed by atoms with Gasteiger partial charge in [0.1, 0.15) is 49.1 Å². The number of aliphatic hydroxyl groups excluding tert-OH is 4. The second-order valence-electron chi connectivity index (χ2n) is 10.5. The molecule has 0 spiro atoms. The zero-order chi connectivity index (χ0) is 28.3. The number of hydrogen-bond acceptors (Lipinski definition) is 12. The summed E-state index contributed by atoms with van der Waals surface area (Å²) in [5, 5.41) is 37.3. The van der Waals surface area contributed by atoms with Crippen molar-refractivity contribution in [3.63, 3.8) is 0 Å². The van der Waals surface area contributed by atoms with Crippen LogP contribution >= 0.6 is 0 Å². The molecule has 12 atom stereocenters. The topological polar surface area (TPSA) is 155 Å². The first kappa shape index (κ1) is 32.2. The fraction of sp³-hybridized carbons (Fsp3) is 1.00. The predicted octanol–water partition coefficient (Wildman–Crippen LogP) is -2.45. The summed E-state index contributed by atoms with van der Waals surface area (Å²) in [4.78, 5) is 0. The van der Waals surface area contributed by atoms with Crippen LogP contribution in [0.2, 0.25) is 6.32 Å². The van der Waals surface area contributed by atoms with E-state index in [9.17, 15) is 10.2 Å². The molecule has 0 aromatic heterocycles. The van der Waals surface area contributed by atoms with Gasteiger partial charge in [0.25, 0.3) is 0 Å². The standard InChI is InChI=1S/C10H18O4.C8H15BO4.C6H9BO4/c1-6-8-9(12-4)10(14-6,5-11-3)7(2)13-8;1-12-8(4-10)5-13-3-6(2-9)7(8)11;7-5-3-4(9)6(1-8,11-5)2-10-3/h6-9H,5H2,1-4H3;6-7,10-11H,2-5H2,1H3;3-5,8-9H,1-2H2/t6-,7?,8?,9-,10-;6-,7?,8-;3-,4?,5+,6-/m000/s1. The molecule has 0 aromatic rings. The van der Waals surface area contributed by atoms with Crippen molar-refractivity contribution in [3.8, 4) is 0 Å². The van der Waals surface area contributed by atoms with Gasteiger partial charge in [-0.2, -0.15) is 0 Å². The van der Waals surface area contributed by atoms with Gasteiger partial charge in [0, 0.05) is 33.3 Å². The molecule has 38 heavy (non-hydrogen) atoms. The Morgan fingerprint density at radius 1 is 0.974 bits per heavy atom. The number of aliphatic hydroxyl groups is 4. The van der Waals surface area contributed by atoms with Gasteiger partial charge in [0.2, 0.25) is 0 Å². The molecule has 4 radical (unpaired) electrons. The zero-order valence-corrected chi connectivity index (χ0v) is 22.9. The summed E-state index contributed by atoms with van der Waals surface area (Å²) < 4.78 is 43.0. The average Bonchev–Trinajstić information content (AvgIpc) is 3.56. The molecular weight excluding hydrogens is 502 g/mol. The molecule has 4 unspecified atom stereocenters. The second kappa shape index (κ2) is 13.1. The number of hydrogen-bond donors (Lipinski definition) is 4. The first-order valence-electron chi connectivity index (χ1n) is 12.9. The summed E-state index contributed by atoms with van der Waals surface area (Å²) in [6, 6.07) is -0.606. The minimum absolute atomic E-state index is 0.00699. The third-order valence-electron chi connectivity index (χ3n) is 8.29. The Hall–Kier alpha value is -0.350. The summed E-state index contributed by atoms with van der Waals surface area (Å²) in [7, 11) is 15.7. The van der Waals surface area contributed by atoms with E-state index in [2.05, 4.69) is 0 Å².